The van der Waals surface area contributed by atoms with Crippen LogP contribution in [0.25, 0.3) is 0 Å². The standard InChI is InChI=1S/C14H24N2O2S/c1-12(2)8-15-9-13-7-14(18-11-13)10-16-3-5-19(17)6-4-16/h7,11-12,15H,3-6,8-10H2,1-2H3. The molecule has 1 aliphatic heterocycles. The van der Waals surface area contributed by atoms with Crippen molar-refractivity contribution in [1.29, 1.82) is 0 Å². The van der Waals surface area contributed by atoms with E-state index in [1.807, 2.05) is 6.26 Å². The zero-order valence-corrected chi connectivity index (χ0v) is 12.7. The minimum Gasteiger partial charge on any atom is -0.468 e. The maximum absolute atomic E-state index is 11.3. The molecule has 1 aromatic heterocycles. The van der Waals surface area contributed by atoms with Gasteiger partial charge in [0.2, 0.25) is 0 Å². The van der Waals surface area contributed by atoms with E-state index in [-0.39, 0.29) is 0 Å². The molecule has 0 radical (unpaired) electrons. The quantitative estimate of drug-likeness (QED) is 0.861. The summed E-state index contributed by atoms with van der Waals surface area (Å²) in [5, 5.41) is 3.41. The molecule has 5 heteroatoms. The average molecular weight is 284 g/mol. The summed E-state index contributed by atoms with van der Waals surface area (Å²) in [6.07, 6.45) is 1.84. The van der Waals surface area contributed by atoms with Gasteiger partial charge in [-0.25, -0.2) is 0 Å². The Labute approximate surface area is 118 Å². The molecule has 0 spiro atoms. The zero-order valence-electron chi connectivity index (χ0n) is 11.9. The molecule has 0 aliphatic carbocycles. The van der Waals surface area contributed by atoms with Crippen molar-refractivity contribution >= 4 is 10.8 Å². The van der Waals surface area contributed by atoms with Gasteiger partial charge in [-0.3, -0.25) is 9.11 Å². The lowest BCUT2D eigenvalue weighted by Gasteiger charge is -2.24. The molecule has 2 rings (SSSR count). The highest BCUT2D eigenvalue weighted by atomic mass is 32.2. The molecule has 0 unspecified atom stereocenters. The Bertz CT molecular complexity index is 407. The molecule has 1 N–H and O–H groups in total. The van der Waals surface area contributed by atoms with E-state index < -0.39 is 10.8 Å². The molecule has 1 aliphatic rings. The van der Waals surface area contributed by atoms with Crippen LogP contribution in [0, 0.1) is 5.92 Å². The smallest absolute Gasteiger partial charge is 0.118 e. The third-order valence-electron chi connectivity index (χ3n) is 3.24. The van der Waals surface area contributed by atoms with Crippen LogP contribution in [0.1, 0.15) is 25.2 Å². The molecule has 1 aromatic rings. The highest BCUT2D eigenvalue weighted by Gasteiger charge is 2.16. The normalized spacial score (nSPS) is 18.3. The zero-order chi connectivity index (χ0) is 13.7. The Hall–Kier alpha value is -0.650. The van der Waals surface area contributed by atoms with Gasteiger partial charge in [-0.05, 0) is 18.5 Å². The predicted octanol–water partition coefficient (Wildman–Crippen LogP) is 1.59. The first-order chi connectivity index (χ1) is 9.13. The lowest BCUT2D eigenvalue weighted by Crippen LogP contribution is -2.37. The Balaban J connectivity index is 1.75. The van der Waals surface area contributed by atoms with Gasteiger partial charge in [0.25, 0.3) is 0 Å². The number of hydrogen-bond donors (Lipinski definition) is 1. The first-order valence-corrected chi connectivity index (χ1v) is 8.46. The minimum absolute atomic E-state index is 0.605. The molecule has 0 saturated carbocycles. The monoisotopic (exact) mass is 284 g/mol. The number of furan rings is 1. The van der Waals surface area contributed by atoms with Crippen LogP contribution in [0.15, 0.2) is 16.7 Å². The van der Waals surface area contributed by atoms with E-state index in [9.17, 15) is 4.21 Å². The van der Waals surface area contributed by atoms with Crippen molar-refractivity contribution in [3.63, 3.8) is 0 Å². The summed E-state index contributed by atoms with van der Waals surface area (Å²) >= 11 is 0. The Morgan fingerprint density at radius 1 is 1.42 bits per heavy atom. The summed E-state index contributed by atoms with van der Waals surface area (Å²) in [4.78, 5) is 2.31. The maximum Gasteiger partial charge on any atom is 0.118 e. The highest BCUT2D eigenvalue weighted by Crippen LogP contribution is 2.12. The van der Waals surface area contributed by atoms with E-state index in [0.717, 1.165) is 50.0 Å². The van der Waals surface area contributed by atoms with Crippen molar-refractivity contribution in [3.05, 3.63) is 23.7 Å². The van der Waals surface area contributed by atoms with Crippen molar-refractivity contribution in [2.24, 2.45) is 5.92 Å². The van der Waals surface area contributed by atoms with E-state index in [0.29, 0.717) is 5.92 Å². The summed E-state index contributed by atoms with van der Waals surface area (Å²) in [5.74, 6) is 3.27. The first-order valence-electron chi connectivity index (χ1n) is 6.98. The van der Waals surface area contributed by atoms with Crippen molar-refractivity contribution in [1.82, 2.24) is 10.2 Å². The Morgan fingerprint density at radius 3 is 2.84 bits per heavy atom. The van der Waals surface area contributed by atoms with Gasteiger partial charge in [0.15, 0.2) is 0 Å². The second-order valence-corrected chi connectivity index (χ2v) is 7.27. The molecular formula is C14H24N2O2S. The fourth-order valence-electron chi connectivity index (χ4n) is 2.16. The molecule has 19 heavy (non-hydrogen) atoms. The topological polar surface area (TPSA) is 45.5 Å². The van der Waals surface area contributed by atoms with Crippen LogP contribution in [0.2, 0.25) is 0 Å². The van der Waals surface area contributed by atoms with Gasteiger partial charge in [0.05, 0.1) is 12.8 Å². The molecule has 4 nitrogen and oxygen atoms in total. The summed E-state index contributed by atoms with van der Waals surface area (Å²) in [6, 6.07) is 2.12. The van der Waals surface area contributed by atoms with Crippen LogP contribution < -0.4 is 5.32 Å². The number of hydrogen-bond acceptors (Lipinski definition) is 4. The van der Waals surface area contributed by atoms with Crippen molar-refractivity contribution < 1.29 is 8.63 Å². The van der Waals surface area contributed by atoms with Crippen molar-refractivity contribution in [2.45, 2.75) is 26.9 Å². The van der Waals surface area contributed by atoms with E-state index in [2.05, 4.69) is 30.1 Å². The van der Waals surface area contributed by atoms with E-state index in [1.54, 1.807) is 0 Å². The minimum atomic E-state index is -0.605. The summed E-state index contributed by atoms with van der Waals surface area (Å²) < 4.78 is 16.9. The molecule has 1 fully saturated rings. The van der Waals surface area contributed by atoms with Gasteiger partial charge in [0, 0.05) is 47.5 Å². The van der Waals surface area contributed by atoms with Crippen molar-refractivity contribution in [2.75, 3.05) is 31.1 Å². The van der Waals surface area contributed by atoms with Gasteiger partial charge in [0.1, 0.15) is 5.76 Å². The number of rotatable bonds is 6. The molecule has 2 heterocycles. The first kappa shape index (κ1) is 14.8. The lowest BCUT2D eigenvalue weighted by atomic mass is 10.2. The van der Waals surface area contributed by atoms with Gasteiger partial charge in [-0.1, -0.05) is 13.8 Å². The second-order valence-electron chi connectivity index (χ2n) is 5.57. The Kier molecular flexibility index (Phi) is 5.60. The van der Waals surface area contributed by atoms with Crippen LogP contribution in [0.5, 0.6) is 0 Å². The Morgan fingerprint density at radius 2 is 2.16 bits per heavy atom. The molecule has 0 amide bonds. The van der Waals surface area contributed by atoms with Gasteiger partial charge < -0.3 is 9.73 Å². The lowest BCUT2D eigenvalue weighted by molar-refractivity contribution is 0.265. The van der Waals surface area contributed by atoms with Crippen molar-refractivity contribution in [3.8, 4) is 0 Å². The summed E-state index contributed by atoms with van der Waals surface area (Å²) in [7, 11) is -0.605. The van der Waals surface area contributed by atoms with Crippen LogP contribution in [0.3, 0.4) is 0 Å². The maximum atomic E-state index is 11.3. The van der Waals surface area contributed by atoms with E-state index >= 15 is 0 Å². The molecule has 0 bridgehead atoms. The number of nitrogens with zero attached hydrogens (tertiary/aromatic N) is 1. The highest BCUT2D eigenvalue weighted by molar-refractivity contribution is 7.85. The van der Waals surface area contributed by atoms with Gasteiger partial charge >= 0.3 is 0 Å². The summed E-state index contributed by atoms with van der Waals surface area (Å²) in [5.41, 5.74) is 1.20. The predicted molar refractivity (Wildman–Crippen MR) is 78.4 cm³/mol. The van der Waals surface area contributed by atoms with Crippen LogP contribution in [-0.2, 0) is 23.9 Å². The SMILES string of the molecule is CC(C)CNCc1coc(CN2CCS(=O)CC2)c1. The van der Waals surface area contributed by atoms with Crippen LogP contribution in [-0.4, -0.2) is 40.2 Å². The molecule has 1 saturated heterocycles. The molecule has 0 atom stereocenters. The molecular weight excluding hydrogens is 260 g/mol. The van der Waals surface area contributed by atoms with Crippen LogP contribution in [0.4, 0.5) is 0 Å². The number of nitrogens with one attached hydrogen (secondary N) is 1. The average Bonchev–Trinajstić information content (AvgIpc) is 2.79. The fourth-order valence-corrected chi connectivity index (χ4v) is 3.29. The van der Waals surface area contributed by atoms with Gasteiger partial charge in [-0.15, -0.1) is 0 Å². The third kappa shape index (κ3) is 5.09. The molecule has 0 aromatic carbocycles. The van der Waals surface area contributed by atoms with Crippen LogP contribution >= 0.6 is 0 Å². The largest absolute Gasteiger partial charge is 0.468 e. The third-order valence-corrected chi connectivity index (χ3v) is 4.52. The fraction of sp³-hybridized carbons (Fsp3) is 0.714. The second kappa shape index (κ2) is 7.22. The van der Waals surface area contributed by atoms with Gasteiger partial charge in [-0.2, -0.15) is 0 Å². The van der Waals surface area contributed by atoms with E-state index in [4.69, 9.17) is 4.42 Å². The molecule has 108 valence electrons. The van der Waals surface area contributed by atoms with E-state index in [1.165, 1.54) is 5.56 Å². The summed E-state index contributed by atoms with van der Waals surface area (Å²) in [6.45, 7) is 8.95.